The molecule has 0 spiro atoms. The predicted octanol–water partition coefficient (Wildman–Crippen LogP) is 2.94. The van der Waals surface area contributed by atoms with Crippen LogP contribution in [0.2, 0.25) is 0 Å². The highest BCUT2D eigenvalue weighted by molar-refractivity contribution is 7.19. The minimum Gasteiger partial charge on any atom is -0.386 e. The van der Waals surface area contributed by atoms with Gasteiger partial charge in [-0.25, -0.2) is 0 Å². The number of benzene rings is 1. The van der Waals surface area contributed by atoms with Gasteiger partial charge in [0.25, 0.3) is 0 Å². The highest BCUT2D eigenvalue weighted by Gasteiger charge is 2.11. The fourth-order valence-electron chi connectivity index (χ4n) is 2.29. The number of aliphatic hydroxyl groups excluding tert-OH is 1. The third-order valence-corrected chi connectivity index (χ3v) is 4.67. The van der Waals surface area contributed by atoms with Crippen LogP contribution >= 0.6 is 11.3 Å². The van der Waals surface area contributed by atoms with Crippen molar-refractivity contribution in [2.24, 2.45) is 0 Å². The molecule has 0 aliphatic heterocycles. The zero-order chi connectivity index (χ0) is 14.7. The zero-order valence-electron chi connectivity index (χ0n) is 12.0. The minimum atomic E-state index is -0.469. The van der Waals surface area contributed by atoms with Crippen LogP contribution in [0.15, 0.2) is 42.7 Å². The van der Waals surface area contributed by atoms with Crippen LogP contribution in [0.4, 0.5) is 0 Å². The number of aliphatic hydroxyl groups is 1. The number of thiophene rings is 1. The fraction of sp³-hybridized carbons (Fsp3) is 0.312. The standard InChI is InChI=1S/C16H19N3OS/c1-2-19-11-12(9-18-19)8-17-10-14(20)16-7-13-5-3-4-6-15(13)21-16/h3-7,9,11,14,17,20H,2,8,10H2,1H3. The number of nitrogens with one attached hydrogen (secondary N) is 1. The Morgan fingerprint density at radius 3 is 3.00 bits per heavy atom. The number of hydrogen-bond donors (Lipinski definition) is 2. The Balaban J connectivity index is 1.57. The summed E-state index contributed by atoms with van der Waals surface area (Å²) >= 11 is 1.65. The molecule has 0 saturated heterocycles. The summed E-state index contributed by atoms with van der Waals surface area (Å²) in [7, 11) is 0. The Morgan fingerprint density at radius 2 is 2.24 bits per heavy atom. The van der Waals surface area contributed by atoms with E-state index in [1.807, 2.05) is 29.2 Å². The van der Waals surface area contributed by atoms with Crippen molar-refractivity contribution in [3.8, 4) is 0 Å². The first-order valence-electron chi connectivity index (χ1n) is 7.15. The second-order valence-corrected chi connectivity index (χ2v) is 6.15. The van der Waals surface area contributed by atoms with Crippen molar-refractivity contribution in [3.05, 3.63) is 53.2 Å². The molecule has 3 rings (SSSR count). The first kappa shape index (κ1) is 14.3. The molecule has 2 aromatic heterocycles. The zero-order valence-corrected chi connectivity index (χ0v) is 12.8. The first-order valence-corrected chi connectivity index (χ1v) is 7.96. The highest BCUT2D eigenvalue weighted by Crippen LogP contribution is 2.29. The maximum absolute atomic E-state index is 10.3. The largest absolute Gasteiger partial charge is 0.386 e. The summed E-state index contributed by atoms with van der Waals surface area (Å²) in [5.74, 6) is 0. The van der Waals surface area contributed by atoms with Crippen LogP contribution in [-0.2, 0) is 13.1 Å². The summed E-state index contributed by atoms with van der Waals surface area (Å²) in [5, 5.41) is 19.0. The number of aromatic nitrogens is 2. The van der Waals surface area contributed by atoms with Gasteiger partial charge in [-0.15, -0.1) is 11.3 Å². The van der Waals surface area contributed by atoms with Gasteiger partial charge < -0.3 is 10.4 Å². The molecule has 4 nitrogen and oxygen atoms in total. The molecule has 0 fully saturated rings. The third-order valence-electron chi connectivity index (χ3n) is 3.45. The van der Waals surface area contributed by atoms with Gasteiger partial charge in [-0.2, -0.15) is 5.10 Å². The molecular weight excluding hydrogens is 282 g/mol. The minimum absolute atomic E-state index is 0.469. The van der Waals surface area contributed by atoms with E-state index in [1.54, 1.807) is 11.3 Å². The van der Waals surface area contributed by atoms with Crippen LogP contribution < -0.4 is 5.32 Å². The molecule has 5 heteroatoms. The maximum atomic E-state index is 10.3. The van der Waals surface area contributed by atoms with E-state index in [4.69, 9.17) is 0 Å². The van der Waals surface area contributed by atoms with Gasteiger partial charge in [0.15, 0.2) is 0 Å². The number of hydrogen-bond acceptors (Lipinski definition) is 4. The lowest BCUT2D eigenvalue weighted by Gasteiger charge is -2.09. The van der Waals surface area contributed by atoms with Crippen LogP contribution in [0.3, 0.4) is 0 Å². The molecule has 2 N–H and O–H groups in total. The van der Waals surface area contributed by atoms with E-state index < -0.39 is 6.10 Å². The van der Waals surface area contributed by atoms with Gasteiger partial charge in [0.05, 0.1) is 6.20 Å². The van der Waals surface area contributed by atoms with Crippen molar-refractivity contribution in [3.63, 3.8) is 0 Å². The summed E-state index contributed by atoms with van der Waals surface area (Å²) in [4.78, 5) is 1.01. The van der Waals surface area contributed by atoms with Gasteiger partial charge in [-0.3, -0.25) is 4.68 Å². The molecule has 1 aromatic carbocycles. The van der Waals surface area contributed by atoms with Gasteiger partial charge in [-0.05, 0) is 24.4 Å². The monoisotopic (exact) mass is 301 g/mol. The molecule has 0 aliphatic rings. The van der Waals surface area contributed by atoms with E-state index in [0.717, 1.165) is 23.5 Å². The molecule has 0 saturated carbocycles. The summed E-state index contributed by atoms with van der Waals surface area (Å²) in [6.45, 7) is 4.21. The smallest absolute Gasteiger partial charge is 0.101 e. The van der Waals surface area contributed by atoms with Crippen LogP contribution in [0.5, 0.6) is 0 Å². The Labute approximate surface area is 128 Å². The van der Waals surface area contributed by atoms with Crippen LogP contribution in [0, 0.1) is 0 Å². The van der Waals surface area contributed by atoms with Crippen molar-refractivity contribution in [2.45, 2.75) is 26.1 Å². The van der Waals surface area contributed by atoms with E-state index in [0.29, 0.717) is 6.54 Å². The molecule has 0 aliphatic carbocycles. The van der Waals surface area contributed by atoms with Crippen molar-refractivity contribution >= 4 is 21.4 Å². The number of aryl methyl sites for hydroxylation is 1. The van der Waals surface area contributed by atoms with E-state index in [2.05, 4.69) is 35.5 Å². The van der Waals surface area contributed by atoms with Gasteiger partial charge in [0, 0.05) is 41.0 Å². The van der Waals surface area contributed by atoms with Crippen molar-refractivity contribution in [1.29, 1.82) is 0 Å². The summed E-state index contributed by atoms with van der Waals surface area (Å²) in [5.41, 5.74) is 1.14. The van der Waals surface area contributed by atoms with Gasteiger partial charge in [-0.1, -0.05) is 18.2 Å². The predicted molar refractivity (Wildman–Crippen MR) is 86.4 cm³/mol. The molecule has 1 atom stereocenters. The van der Waals surface area contributed by atoms with Crippen LogP contribution in [0.1, 0.15) is 23.5 Å². The Kier molecular flexibility index (Phi) is 4.34. The summed E-state index contributed by atoms with van der Waals surface area (Å²) in [6.07, 6.45) is 3.42. The maximum Gasteiger partial charge on any atom is 0.101 e. The van der Waals surface area contributed by atoms with Gasteiger partial charge in [0.1, 0.15) is 6.10 Å². The number of fused-ring (bicyclic) bond motifs is 1. The summed E-state index contributed by atoms with van der Waals surface area (Å²) in [6, 6.07) is 10.3. The molecule has 3 aromatic rings. The van der Waals surface area contributed by atoms with E-state index in [-0.39, 0.29) is 0 Å². The Bertz CT molecular complexity index is 686. The third kappa shape index (κ3) is 3.32. The van der Waals surface area contributed by atoms with E-state index >= 15 is 0 Å². The second kappa shape index (κ2) is 6.39. The molecule has 21 heavy (non-hydrogen) atoms. The fourth-order valence-corrected chi connectivity index (χ4v) is 3.34. The molecule has 0 amide bonds. The molecule has 110 valence electrons. The van der Waals surface area contributed by atoms with Crippen LogP contribution in [0.25, 0.3) is 10.1 Å². The average Bonchev–Trinajstić information content (AvgIpc) is 3.13. The summed E-state index contributed by atoms with van der Waals surface area (Å²) < 4.78 is 3.12. The van der Waals surface area contributed by atoms with E-state index in [9.17, 15) is 5.11 Å². The van der Waals surface area contributed by atoms with Gasteiger partial charge >= 0.3 is 0 Å². The topological polar surface area (TPSA) is 50.1 Å². The first-order chi connectivity index (χ1) is 10.3. The lowest BCUT2D eigenvalue weighted by Crippen LogP contribution is -2.20. The van der Waals surface area contributed by atoms with Crippen molar-refractivity contribution in [2.75, 3.05) is 6.54 Å². The van der Waals surface area contributed by atoms with Crippen LogP contribution in [-0.4, -0.2) is 21.4 Å². The second-order valence-electron chi connectivity index (χ2n) is 5.04. The Morgan fingerprint density at radius 1 is 1.38 bits per heavy atom. The molecule has 1 unspecified atom stereocenters. The van der Waals surface area contributed by atoms with Crippen molar-refractivity contribution < 1.29 is 5.11 Å². The lowest BCUT2D eigenvalue weighted by molar-refractivity contribution is 0.178. The highest BCUT2D eigenvalue weighted by atomic mass is 32.1. The van der Waals surface area contributed by atoms with Crippen molar-refractivity contribution in [1.82, 2.24) is 15.1 Å². The Hall–Kier alpha value is -1.69. The molecular formula is C16H19N3OS. The molecule has 2 heterocycles. The SMILES string of the molecule is CCn1cc(CNCC(O)c2cc3ccccc3s2)cn1. The van der Waals surface area contributed by atoms with Gasteiger partial charge in [0.2, 0.25) is 0 Å². The van der Waals surface area contributed by atoms with E-state index in [1.165, 1.54) is 10.1 Å². The number of rotatable bonds is 6. The number of nitrogens with zero attached hydrogens (tertiary/aromatic N) is 2. The lowest BCUT2D eigenvalue weighted by atomic mass is 10.2. The molecule has 0 bridgehead atoms. The average molecular weight is 301 g/mol. The quantitative estimate of drug-likeness (QED) is 0.736. The molecule has 0 radical (unpaired) electrons. The normalized spacial score (nSPS) is 12.9.